The van der Waals surface area contributed by atoms with Crippen molar-refractivity contribution >= 4 is 10.8 Å². The minimum Gasteiger partial charge on any atom is -0.252 e. The molecule has 1 heteroatoms. The largest absolute Gasteiger partial charge is 0.252 e. The number of hydrogen-bond acceptors (Lipinski definition) is 1. The fourth-order valence-electron chi connectivity index (χ4n) is 5.71. The molecule has 2 aliphatic carbocycles. The number of aryl methyl sites for hydroxylation is 2. The highest BCUT2D eigenvalue weighted by molar-refractivity contribution is 5.98. The molecular weight excluding hydrogens is 362 g/mol. The summed E-state index contributed by atoms with van der Waals surface area (Å²) in [6.45, 7) is 4.34. The van der Waals surface area contributed by atoms with Gasteiger partial charge in [-0.3, -0.25) is 4.98 Å². The number of aromatic nitrogens is 1. The molecule has 0 amide bonds. The molecule has 1 nitrogen and oxygen atoms in total. The van der Waals surface area contributed by atoms with Crippen molar-refractivity contribution in [3.63, 3.8) is 0 Å². The molecule has 148 valence electrons. The summed E-state index contributed by atoms with van der Waals surface area (Å²) in [6, 6.07) is 22.9. The Morgan fingerprint density at radius 1 is 0.800 bits per heavy atom. The van der Waals surface area contributed by atoms with E-state index in [2.05, 4.69) is 74.5 Å². The standard InChI is InChI=1S/C29H27N/c1-18-13-26-24-10-6-5-9-22(24)17-27(26)28(14-18)29-25-12-11-21(20-7-3-4-8-20)16-23(25)15-19(2)30-29/h5-6,9-16,20H,3-4,7-8,17H2,1-2H3. The minimum absolute atomic E-state index is 0.740. The van der Waals surface area contributed by atoms with E-state index in [1.165, 1.54) is 75.4 Å². The zero-order chi connectivity index (χ0) is 20.2. The zero-order valence-corrected chi connectivity index (χ0v) is 17.8. The Balaban J connectivity index is 1.56. The van der Waals surface area contributed by atoms with Crippen molar-refractivity contribution < 1.29 is 0 Å². The third kappa shape index (κ3) is 2.80. The molecule has 0 spiro atoms. The molecule has 0 N–H and O–H groups in total. The lowest BCUT2D eigenvalue weighted by Crippen LogP contribution is -1.97. The van der Waals surface area contributed by atoms with Crippen LogP contribution in [-0.4, -0.2) is 4.98 Å². The second-order valence-electron chi connectivity index (χ2n) is 9.25. The average Bonchev–Trinajstić information content (AvgIpc) is 3.40. The van der Waals surface area contributed by atoms with Gasteiger partial charge < -0.3 is 0 Å². The van der Waals surface area contributed by atoms with Crippen molar-refractivity contribution in [1.29, 1.82) is 0 Å². The molecule has 3 aromatic carbocycles. The molecule has 0 aliphatic heterocycles. The lowest BCUT2D eigenvalue weighted by molar-refractivity contribution is 0.724. The Hall–Kier alpha value is -2.93. The molecule has 30 heavy (non-hydrogen) atoms. The van der Waals surface area contributed by atoms with Crippen molar-refractivity contribution in [3.05, 3.63) is 88.6 Å². The number of hydrogen-bond donors (Lipinski definition) is 0. The molecule has 4 aromatic rings. The summed E-state index contributed by atoms with van der Waals surface area (Å²) >= 11 is 0. The normalized spacial score (nSPS) is 15.5. The van der Waals surface area contributed by atoms with Crippen LogP contribution in [0.3, 0.4) is 0 Å². The summed E-state index contributed by atoms with van der Waals surface area (Å²) in [4.78, 5) is 5.08. The number of pyridine rings is 1. The Morgan fingerprint density at radius 3 is 2.47 bits per heavy atom. The van der Waals surface area contributed by atoms with Crippen molar-refractivity contribution in [3.8, 4) is 22.4 Å². The van der Waals surface area contributed by atoms with Crippen LogP contribution in [0.5, 0.6) is 0 Å². The molecule has 1 heterocycles. The van der Waals surface area contributed by atoms with Crippen LogP contribution in [0.2, 0.25) is 0 Å². The average molecular weight is 390 g/mol. The summed E-state index contributed by atoms with van der Waals surface area (Å²) in [6.07, 6.45) is 6.43. The maximum atomic E-state index is 5.08. The van der Waals surface area contributed by atoms with Gasteiger partial charge in [-0.2, -0.15) is 0 Å². The molecule has 1 saturated carbocycles. The quantitative estimate of drug-likeness (QED) is 0.301. The lowest BCUT2D eigenvalue weighted by Gasteiger charge is -2.16. The van der Waals surface area contributed by atoms with Gasteiger partial charge in [-0.05, 0) is 89.9 Å². The predicted molar refractivity (Wildman–Crippen MR) is 126 cm³/mol. The topological polar surface area (TPSA) is 12.9 Å². The molecule has 2 aliphatic rings. The molecule has 0 atom stereocenters. The van der Waals surface area contributed by atoms with E-state index in [1.54, 1.807) is 0 Å². The van der Waals surface area contributed by atoms with E-state index >= 15 is 0 Å². The van der Waals surface area contributed by atoms with Gasteiger partial charge in [0.1, 0.15) is 0 Å². The van der Waals surface area contributed by atoms with Gasteiger partial charge in [0, 0.05) is 16.6 Å². The summed E-state index contributed by atoms with van der Waals surface area (Å²) in [5, 5.41) is 2.62. The minimum atomic E-state index is 0.740. The monoisotopic (exact) mass is 389 g/mol. The van der Waals surface area contributed by atoms with Gasteiger partial charge in [0.15, 0.2) is 0 Å². The SMILES string of the molecule is Cc1cc2c(c(-c3nc(C)cc4cc(C5CCCC5)ccc34)c1)Cc1ccccc1-2. The number of benzene rings is 3. The summed E-state index contributed by atoms with van der Waals surface area (Å²) in [7, 11) is 0. The highest BCUT2D eigenvalue weighted by Gasteiger charge is 2.24. The van der Waals surface area contributed by atoms with Crippen molar-refractivity contribution in [2.24, 2.45) is 0 Å². The van der Waals surface area contributed by atoms with Crippen LogP contribution in [-0.2, 0) is 6.42 Å². The van der Waals surface area contributed by atoms with Crippen LogP contribution in [0.1, 0.15) is 59.5 Å². The first-order chi connectivity index (χ1) is 14.7. The van der Waals surface area contributed by atoms with Crippen LogP contribution >= 0.6 is 0 Å². The summed E-state index contributed by atoms with van der Waals surface area (Å²) < 4.78 is 0. The van der Waals surface area contributed by atoms with Crippen molar-refractivity contribution in [2.45, 2.75) is 51.9 Å². The van der Waals surface area contributed by atoms with E-state index in [9.17, 15) is 0 Å². The van der Waals surface area contributed by atoms with Crippen LogP contribution in [0.4, 0.5) is 0 Å². The maximum Gasteiger partial charge on any atom is 0.0786 e. The molecule has 0 unspecified atom stereocenters. The first kappa shape index (κ1) is 17.9. The smallest absolute Gasteiger partial charge is 0.0786 e. The fourth-order valence-corrected chi connectivity index (χ4v) is 5.71. The number of rotatable bonds is 2. The lowest BCUT2D eigenvalue weighted by atomic mass is 9.91. The van der Waals surface area contributed by atoms with Crippen LogP contribution in [0, 0.1) is 13.8 Å². The predicted octanol–water partition coefficient (Wildman–Crippen LogP) is 7.75. The molecule has 0 saturated heterocycles. The Labute approximate surface area is 178 Å². The Bertz CT molecular complexity index is 1290. The number of nitrogens with zero attached hydrogens (tertiary/aromatic N) is 1. The van der Waals surface area contributed by atoms with Gasteiger partial charge in [0.2, 0.25) is 0 Å². The van der Waals surface area contributed by atoms with E-state index in [4.69, 9.17) is 4.98 Å². The summed E-state index contributed by atoms with van der Waals surface area (Å²) in [5.74, 6) is 0.740. The zero-order valence-electron chi connectivity index (χ0n) is 17.8. The van der Waals surface area contributed by atoms with E-state index in [0.717, 1.165) is 23.7 Å². The van der Waals surface area contributed by atoms with Gasteiger partial charge in [-0.15, -0.1) is 0 Å². The highest BCUT2D eigenvalue weighted by Crippen LogP contribution is 2.44. The van der Waals surface area contributed by atoms with Crippen LogP contribution in [0.15, 0.2) is 60.7 Å². The first-order valence-corrected chi connectivity index (χ1v) is 11.3. The molecule has 1 aromatic heterocycles. The third-order valence-corrected chi connectivity index (χ3v) is 7.13. The molecule has 0 bridgehead atoms. The van der Waals surface area contributed by atoms with Crippen LogP contribution < -0.4 is 0 Å². The van der Waals surface area contributed by atoms with Gasteiger partial charge in [0.25, 0.3) is 0 Å². The van der Waals surface area contributed by atoms with E-state index in [0.29, 0.717) is 0 Å². The van der Waals surface area contributed by atoms with E-state index < -0.39 is 0 Å². The highest BCUT2D eigenvalue weighted by atomic mass is 14.7. The van der Waals surface area contributed by atoms with Crippen molar-refractivity contribution in [1.82, 2.24) is 4.98 Å². The van der Waals surface area contributed by atoms with E-state index in [-0.39, 0.29) is 0 Å². The second-order valence-corrected chi connectivity index (χ2v) is 9.25. The maximum absolute atomic E-state index is 5.08. The summed E-state index contributed by atoms with van der Waals surface area (Å²) in [5.41, 5.74) is 12.0. The number of fused-ring (bicyclic) bond motifs is 4. The van der Waals surface area contributed by atoms with Gasteiger partial charge in [-0.1, -0.05) is 61.4 Å². The molecule has 0 radical (unpaired) electrons. The Kier molecular flexibility index (Phi) is 4.06. The van der Waals surface area contributed by atoms with Gasteiger partial charge in [0.05, 0.1) is 5.69 Å². The van der Waals surface area contributed by atoms with Gasteiger partial charge >= 0.3 is 0 Å². The molecule has 6 rings (SSSR count). The first-order valence-electron chi connectivity index (χ1n) is 11.3. The Morgan fingerprint density at radius 2 is 1.60 bits per heavy atom. The second kappa shape index (κ2) is 6.80. The third-order valence-electron chi connectivity index (χ3n) is 7.13. The van der Waals surface area contributed by atoms with Crippen molar-refractivity contribution in [2.75, 3.05) is 0 Å². The van der Waals surface area contributed by atoms with Gasteiger partial charge in [-0.25, -0.2) is 0 Å². The fraction of sp³-hybridized carbons (Fsp3) is 0.276. The molecular formula is C29H27N. The van der Waals surface area contributed by atoms with E-state index in [1.807, 2.05) is 0 Å². The molecule has 1 fully saturated rings. The van der Waals surface area contributed by atoms with Crippen LogP contribution in [0.25, 0.3) is 33.2 Å².